The number of nitrogens with zero attached hydrogens (tertiary/aromatic N) is 2. The second-order valence-corrected chi connectivity index (χ2v) is 3.51. The largest absolute Gasteiger partial charge is 0.314 e. The van der Waals surface area contributed by atoms with Crippen LogP contribution in [0.4, 0.5) is 4.39 Å². The van der Waals surface area contributed by atoms with Crippen LogP contribution >= 0.6 is 0 Å². The third-order valence-electron chi connectivity index (χ3n) is 2.41. The SMILES string of the molecule is Fc1cc(CN2CCNCC2)ccn1. The first-order chi connectivity index (χ1) is 6.84. The van der Waals surface area contributed by atoms with Gasteiger partial charge in [-0.25, -0.2) is 4.98 Å². The van der Waals surface area contributed by atoms with E-state index < -0.39 is 5.95 Å². The van der Waals surface area contributed by atoms with E-state index in [-0.39, 0.29) is 0 Å². The highest BCUT2D eigenvalue weighted by molar-refractivity contribution is 5.10. The molecule has 0 spiro atoms. The van der Waals surface area contributed by atoms with E-state index in [0.717, 1.165) is 38.3 Å². The van der Waals surface area contributed by atoms with Crippen LogP contribution in [0.15, 0.2) is 18.3 Å². The van der Waals surface area contributed by atoms with Crippen molar-refractivity contribution < 1.29 is 4.39 Å². The highest BCUT2D eigenvalue weighted by Gasteiger charge is 2.09. The molecule has 2 rings (SSSR count). The van der Waals surface area contributed by atoms with Gasteiger partial charge in [0.1, 0.15) is 0 Å². The van der Waals surface area contributed by atoms with E-state index in [1.165, 1.54) is 12.3 Å². The molecule has 1 aliphatic rings. The number of piperazine rings is 1. The molecule has 0 saturated carbocycles. The van der Waals surface area contributed by atoms with Crippen molar-refractivity contribution in [3.63, 3.8) is 0 Å². The van der Waals surface area contributed by atoms with Crippen molar-refractivity contribution in [3.8, 4) is 0 Å². The average molecular weight is 195 g/mol. The maximum atomic E-state index is 12.8. The van der Waals surface area contributed by atoms with Gasteiger partial charge in [0.05, 0.1) is 0 Å². The minimum absolute atomic E-state index is 0.391. The Hall–Kier alpha value is -1.00. The summed E-state index contributed by atoms with van der Waals surface area (Å²) in [5.74, 6) is -0.391. The smallest absolute Gasteiger partial charge is 0.213 e. The fourth-order valence-corrected chi connectivity index (χ4v) is 1.67. The molecular formula is C10H14FN3. The molecule has 4 heteroatoms. The Bertz CT molecular complexity index is 297. The average Bonchev–Trinajstić information content (AvgIpc) is 2.19. The summed E-state index contributed by atoms with van der Waals surface area (Å²) in [6.45, 7) is 4.93. The van der Waals surface area contributed by atoms with Crippen LogP contribution in [-0.2, 0) is 6.54 Å². The van der Waals surface area contributed by atoms with E-state index in [0.29, 0.717) is 0 Å². The van der Waals surface area contributed by atoms with E-state index in [1.54, 1.807) is 0 Å². The summed E-state index contributed by atoms with van der Waals surface area (Å²) in [5.41, 5.74) is 0.999. The standard InChI is InChI=1S/C10H14FN3/c11-10-7-9(1-2-13-10)8-14-5-3-12-4-6-14/h1-2,7,12H,3-6,8H2. The number of aromatic nitrogens is 1. The Morgan fingerprint density at radius 1 is 1.43 bits per heavy atom. The Labute approximate surface area is 82.9 Å². The van der Waals surface area contributed by atoms with Crippen LogP contribution in [0.2, 0.25) is 0 Å². The van der Waals surface area contributed by atoms with Crippen molar-refractivity contribution in [1.82, 2.24) is 15.2 Å². The van der Waals surface area contributed by atoms with Crippen molar-refractivity contribution in [2.24, 2.45) is 0 Å². The first-order valence-corrected chi connectivity index (χ1v) is 4.88. The molecule has 1 fully saturated rings. The summed E-state index contributed by atoms with van der Waals surface area (Å²) in [6, 6.07) is 3.37. The highest BCUT2D eigenvalue weighted by Crippen LogP contribution is 2.05. The molecular weight excluding hydrogens is 181 g/mol. The molecule has 1 aromatic rings. The molecule has 0 atom stereocenters. The molecule has 1 aromatic heterocycles. The molecule has 0 unspecified atom stereocenters. The molecule has 0 amide bonds. The van der Waals surface area contributed by atoms with E-state index in [4.69, 9.17) is 0 Å². The zero-order chi connectivity index (χ0) is 9.80. The first kappa shape index (κ1) is 9.55. The van der Waals surface area contributed by atoms with E-state index in [1.807, 2.05) is 6.07 Å². The van der Waals surface area contributed by atoms with Gasteiger partial charge in [0.25, 0.3) is 0 Å². The highest BCUT2D eigenvalue weighted by atomic mass is 19.1. The third-order valence-corrected chi connectivity index (χ3v) is 2.41. The third kappa shape index (κ3) is 2.49. The molecule has 14 heavy (non-hydrogen) atoms. The van der Waals surface area contributed by atoms with Crippen LogP contribution in [-0.4, -0.2) is 36.1 Å². The van der Waals surface area contributed by atoms with Gasteiger partial charge in [-0.05, 0) is 17.7 Å². The molecule has 2 heterocycles. The van der Waals surface area contributed by atoms with Crippen molar-refractivity contribution in [2.45, 2.75) is 6.54 Å². The van der Waals surface area contributed by atoms with Crippen LogP contribution in [0.25, 0.3) is 0 Å². The van der Waals surface area contributed by atoms with E-state index in [9.17, 15) is 4.39 Å². The predicted molar refractivity (Wildman–Crippen MR) is 52.3 cm³/mol. The molecule has 1 N–H and O–H groups in total. The van der Waals surface area contributed by atoms with Crippen LogP contribution in [0.5, 0.6) is 0 Å². The van der Waals surface area contributed by atoms with Crippen molar-refractivity contribution in [3.05, 3.63) is 29.8 Å². The Morgan fingerprint density at radius 2 is 2.21 bits per heavy atom. The Balaban J connectivity index is 1.95. The van der Waals surface area contributed by atoms with Gasteiger partial charge in [-0.15, -0.1) is 0 Å². The minimum atomic E-state index is -0.391. The van der Waals surface area contributed by atoms with Crippen LogP contribution in [0.1, 0.15) is 5.56 Å². The molecule has 1 aliphatic heterocycles. The topological polar surface area (TPSA) is 28.2 Å². The summed E-state index contributed by atoms with van der Waals surface area (Å²) in [7, 11) is 0. The van der Waals surface area contributed by atoms with Gasteiger partial charge in [-0.3, -0.25) is 4.90 Å². The molecule has 0 bridgehead atoms. The van der Waals surface area contributed by atoms with Gasteiger partial charge in [0, 0.05) is 38.9 Å². The van der Waals surface area contributed by atoms with Gasteiger partial charge < -0.3 is 5.32 Å². The number of nitrogens with one attached hydrogen (secondary N) is 1. The van der Waals surface area contributed by atoms with Crippen LogP contribution < -0.4 is 5.32 Å². The number of pyridine rings is 1. The molecule has 0 aromatic carbocycles. The second kappa shape index (κ2) is 4.48. The second-order valence-electron chi connectivity index (χ2n) is 3.51. The lowest BCUT2D eigenvalue weighted by molar-refractivity contribution is 0.233. The Morgan fingerprint density at radius 3 is 2.93 bits per heavy atom. The zero-order valence-electron chi connectivity index (χ0n) is 8.04. The van der Waals surface area contributed by atoms with Crippen LogP contribution in [0, 0.1) is 5.95 Å². The summed E-state index contributed by atoms with van der Waals surface area (Å²) in [5, 5.41) is 3.28. The first-order valence-electron chi connectivity index (χ1n) is 4.88. The fraction of sp³-hybridized carbons (Fsp3) is 0.500. The molecule has 3 nitrogen and oxygen atoms in total. The maximum Gasteiger partial charge on any atom is 0.213 e. The van der Waals surface area contributed by atoms with Crippen molar-refractivity contribution in [1.29, 1.82) is 0 Å². The van der Waals surface area contributed by atoms with Gasteiger partial charge in [0.2, 0.25) is 5.95 Å². The fourth-order valence-electron chi connectivity index (χ4n) is 1.67. The lowest BCUT2D eigenvalue weighted by Crippen LogP contribution is -2.42. The molecule has 1 saturated heterocycles. The molecule has 76 valence electrons. The maximum absolute atomic E-state index is 12.8. The number of hydrogen-bond acceptors (Lipinski definition) is 3. The summed E-state index contributed by atoms with van der Waals surface area (Å²) in [4.78, 5) is 5.85. The normalized spacial score (nSPS) is 18.4. The lowest BCUT2D eigenvalue weighted by Gasteiger charge is -2.27. The Kier molecular flexibility index (Phi) is 3.06. The molecule has 0 aliphatic carbocycles. The number of halogens is 1. The van der Waals surface area contributed by atoms with E-state index >= 15 is 0 Å². The lowest BCUT2D eigenvalue weighted by atomic mass is 10.2. The van der Waals surface area contributed by atoms with Gasteiger partial charge in [-0.1, -0.05) is 0 Å². The summed E-state index contributed by atoms with van der Waals surface area (Å²) in [6.07, 6.45) is 1.52. The van der Waals surface area contributed by atoms with Crippen LogP contribution in [0.3, 0.4) is 0 Å². The predicted octanol–water partition coefficient (Wildman–Crippen LogP) is 0.626. The van der Waals surface area contributed by atoms with E-state index in [2.05, 4.69) is 15.2 Å². The quantitative estimate of drug-likeness (QED) is 0.701. The monoisotopic (exact) mass is 195 g/mol. The number of rotatable bonds is 2. The summed E-state index contributed by atoms with van der Waals surface area (Å²) >= 11 is 0. The molecule has 0 radical (unpaired) electrons. The van der Waals surface area contributed by atoms with Crippen molar-refractivity contribution in [2.75, 3.05) is 26.2 Å². The van der Waals surface area contributed by atoms with Crippen molar-refractivity contribution >= 4 is 0 Å². The van der Waals surface area contributed by atoms with Gasteiger partial charge in [0.15, 0.2) is 0 Å². The number of hydrogen-bond donors (Lipinski definition) is 1. The van der Waals surface area contributed by atoms with Gasteiger partial charge >= 0.3 is 0 Å². The zero-order valence-corrected chi connectivity index (χ0v) is 8.04. The summed E-state index contributed by atoms with van der Waals surface area (Å²) < 4.78 is 12.8. The minimum Gasteiger partial charge on any atom is -0.314 e. The van der Waals surface area contributed by atoms with Gasteiger partial charge in [-0.2, -0.15) is 4.39 Å².